The number of nitrogens with zero attached hydrogens (tertiary/aromatic N) is 4. The summed E-state index contributed by atoms with van der Waals surface area (Å²) >= 11 is 12.7. The standard InChI is InChI=1S/C36H43Cl2N5O3S/c1-47(44,45)42-18-15-35-33(26-42)36(40-43(35)17-2-16-41-19-21-46-22-20-41)31-11-14-34(38)30(23-31)10-7-27-3-5-28(6-4-27)24-39-25-29-8-12-32(37)13-9-29/h3-6,8-9,11-14,23,39H,2,7,10,15-22,24-26H2,1H3. The number of morpholine rings is 1. The van der Waals surface area contributed by atoms with Crippen LogP contribution in [0.25, 0.3) is 11.3 Å². The van der Waals surface area contributed by atoms with Crippen molar-refractivity contribution in [3.8, 4) is 11.3 Å². The van der Waals surface area contributed by atoms with Gasteiger partial charge in [-0.2, -0.15) is 9.40 Å². The summed E-state index contributed by atoms with van der Waals surface area (Å²) < 4.78 is 34.2. The number of halogens is 2. The zero-order valence-electron chi connectivity index (χ0n) is 26.9. The van der Waals surface area contributed by atoms with Crippen LogP contribution in [0.1, 0.15) is 39.9 Å². The summed E-state index contributed by atoms with van der Waals surface area (Å²) in [7, 11) is -3.32. The third kappa shape index (κ3) is 9.03. The van der Waals surface area contributed by atoms with Crippen LogP contribution in [0.15, 0.2) is 66.7 Å². The molecule has 4 aromatic rings. The van der Waals surface area contributed by atoms with E-state index in [1.165, 1.54) is 22.9 Å². The highest BCUT2D eigenvalue weighted by Gasteiger charge is 2.30. The molecule has 0 radical (unpaired) electrons. The minimum Gasteiger partial charge on any atom is -0.379 e. The molecule has 6 rings (SSSR count). The van der Waals surface area contributed by atoms with Crippen molar-refractivity contribution < 1.29 is 13.2 Å². The molecule has 0 saturated carbocycles. The average molecular weight is 697 g/mol. The van der Waals surface area contributed by atoms with Crippen LogP contribution in [0.3, 0.4) is 0 Å². The molecule has 0 spiro atoms. The van der Waals surface area contributed by atoms with Gasteiger partial charge >= 0.3 is 0 Å². The zero-order valence-corrected chi connectivity index (χ0v) is 29.3. The number of sulfonamides is 1. The lowest BCUT2D eigenvalue weighted by Gasteiger charge is -2.27. The lowest BCUT2D eigenvalue weighted by Crippen LogP contribution is -2.37. The second kappa shape index (κ2) is 15.6. The molecule has 0 unspecified atom stereocenters. The van der Waals surface area contributed by atoms with Gasteiger partial charge in [0.15, 0.2) is 0 Å². The van der Waals surface area contributed by atoms with Crippen LogP contribution in [0.2, 0.25) is 10.0 Å². The number of benzene rings is 3. The van der Waals surface area contributed by atoms with Crippen molar-refractivity contribution in [3.05, 3.63) is 110 Å². The third-order valence-electron chi connectivity index (χ3n) is 9.11. The van der Waals surface area contributed by atoms with Crippen molar-refractivity contribution in [2.24, 2.45) is 0 Å². The Morgan fingerprint density at radius 3 is 2.23 bits per heavy atom. The van der Waals surface area contributed by atoms with Crippen molar-refractivity contribution in [1.29, 1.82) is 0 Å². The number of hydrogen-bond donors (Lipinski definition) is 1. The molecule has 3 aromatic carbocycles. The second-order valence-electron chi connectivity index (χ2n) is 12.5. The number of ether oxygens (including phenoxy) is 1. The maximum Gasteiger partial charge on any atom is 0.211 e. The van der Waals surface area contributed by atoms with E-state index in [0.29, 0.717) is 19.5 Å². The Morgan fingerprint density at radius 1 is 0.851 bits per heavy atom. The van der Waals surface area contributed by atoms with E-state index >= 15 is 0 Å². The largest absolute Gasteiger partial charge is 0.379 e. The van der Waals surface area contributed by atoms with Gasteiger partial charge in [-0.05, 0) is 65.8 Å². The van der Waals surface area contributed by atoms with Crippen LogP contribution in [-0.4, -0.2) is 73.1 Å². The Morgan fingerprint density at radius 2 is 1.53 bits per heavy atom. The van der Waals surface area contributed by atoms with Crippen molar-refractivity contribution in [2.75, 3.05) is 45.6 Å². The number of hydrogen-bond acceptors (Lipinski definition) is 6. The van der Waals surface area contributed by atoms with Crippen molar-refractivity contribution in [3.63, 3.8) is 0 Å². The zero-order chi connectivity index (χ0) is 32.8. The predicted octanol–water partition coefficient (Wildman–Crippen LogP) is 5.97. The van der Waals surface area contributed by atoms with Crippen molar-refractivity contribution in [2.45, 2.75) is 51.9 Å². The van der Waals surface area contributed by atoms with Crippen LogP contribution in [0, 0.1) is 0 Å². The number of nitrogens with one attached hydrogen (secondary N) is 1. The van der Waals surface area contributed by atoms with Gasteiger partial charge in [-0.25, -0.2) is 8.42 Å². The molecule has 3 heterocycles. The summed E-state index contributed by atoms with van der Waals surface area (Å²) in [5.74, 6) is 0. The summed E-state index contributed by atoms with van der Waals surface area (Å²) in [5.41, 5.74) is 8.72. The van der Waals surface area contributed by atoms with Gasteiger partial charge in [-0.1, -0.05) is 65.7 Å². The fourth-order valence-corrected chi connectivity index (χ4v) is 7.53. The van der Waals surface area contributed by atoms with Crippen LogP contribution in [0.4, 0.5) is 0 Å². The highest BCUT2D eigenvalue weighted by molar-refractivity contribution is 7.88. The molecular formula is C36H43Cl2N5O3S. The molecule has 2 aliphatic rings. The van der Waals surface area contributed by atoms with Gasteiger partial charge in [-0.15, -0.1) is 0 Å². The van der Waals surface area contributed by atoms with Crippen LogP contribution in [-0.2, 0) is 60.2 Å². The highest BCUT2D eigenvalue weighted by Crippen LogP contribution is 2.33. The van der Waals surface area contributed by atoms with Gasteiger partial charge in [0.2, 0.25) is 10.0 Å². The molecule has 11 heteroatoms. The van der Waals surface area contributed by atoms with E-state index in [1.807, 2.05) is 36.4 Å². The normalized spacial score (nSPS) is 16.0. The summed E-state index contributed by atoms with van der Waals surface area (Å²) in [5, 5.41) is 10.1. The van der Waals surface area contributed by atoms with Crippen LogP contribution in [0.5, 0.6) is 0 Å². The van der Waals surface area contributed by atoms with E-state index in [9.17, 15) is 8.42 Å². The van der Waals surface area contributed by atoms with Crippen molar-refractivity contribution >= 4 is 33.2 Å². The molecule has 1 aromatic heterocycles. The maximum absolute atomic E-state index is 12.5. The smallest absolute Gasteiger partial charge is 0.211 e. The number of rotatable bonds is 13. The number of aromatic nitrogens is 2. The van der Waals surface area contributed by atoms with Crippen molar-refractivity contribution in [1.82, 2.24) is 24.3 Å². The fourth-order valence-electron chi connectivity index (χ4n) is 6.40. The topological polar surface area (TPSA) is 79.7 Å². The summed E-state index contributed by atoms with van der Waals surface area (Å²) in [6, 6.07) is 22.7. The Kier molecular flexibility index (Phi) is 11.4. The second-order valence-corrected chi connectivity index (χ2v) is 15.3. The van der Waals surface area contributed by atoms with E-state index in [2.05, 4.69) is 45.2 Å². The molecular weight excluding hydrogens is 653 g/mol. The van der Waals surface area contributed by atoms with Gasteiger partial charge in [0.1, 0.15) is 0 Å². The van der Waals surface area contributed by atoms with E-state index in [1.54, 1.807) is 4.31 Å². The molecule has 0 amide bonds. The Labute approximate surface area is 288 Å². The lowest BCUT2D eigenvalue weighted by molar-refractivity contribution is 0.0368. The first kappa shape index (κ1) is 34.1. The number of fused-ring (bicyclic) bond motifs is 1. The van der Waals surface area contributed by atoms with Gasteiger partial charge < -0.3 is 10.1 Å². The van der Waals surface area contributed by atoms with Crippen LogP contribution < -0.4 is 5.32 Å². The van der Waals surface area contributed by atoms with Gasteiger partial charge in [0.05, 0.1) is 25.2 Å². The molecule has 1 N–H and O–H groups in total. The molecule has 0 bridgehead atoms. The Hall–Kier alpha value is -2.76. The molecule has 0 aliphatic carbocycles. The summed E-state index contributed by atoms with van der Waals surface area (Å²) in [6.45, 7) is 7.69. The number of aryl methyl sites for hydroxylation is 3. The van der Waals surface area contributed by atoms with Gasteiger partial charge in [0, 0.05) is 85.6 Å². The Balaban J connectivity index is 1.13. The minimum absolute atomic E-state index is 0.339. The molecule has 8 nitrogen and oxygen atoms in total. The highest BCUT2D eigenvalue weighted by atomic mass is 35.5. The summed E-state index contributed by atoms with van der Waals surface area (Å²) in [4.78, 5) is 2.44. The maximum atomic E-state index is 12.5. The molecule has 0 atom stereocenters. The molecule has 1 fully saturated rings. The molecule has 250 valence electrons. The summed E-state index contributed by atoms with van der Waals surface area (Å²) in [6.07, 6.45) is 4.57. The molecule has 2 aliphatic heterocycles. The quantitative estimate of drug-likeness (QED) is 0.186. The van der Waals surface area contributed by atoms with E-state index in [0.717, 1.165) is 110 Å². The van der Waals surface area contributed by atoms with Crippen LogP contribution >= 0.6 is 23.2 Å². The first-order chi connectivity index (χ1) is 22.7. The monoisotopic (exact) mass is 695 g/mol. The first-order valence-corrected chi connectivity index (χ1v) is 19.0. The van der Waals surface area contributed by atoms with E-state index < -0.39 is 10.0 Å². The lowest BCUT2D eigenvalue weighted by atomic mass is 9.98. The average Bonchev–Trinajstić information content (AvgIpc) is 3.44. The first-order valence-electron chi connectivity index (χ1n) is 16.4. The SMILES string of the molecule is CS(=O)(=O)N1CCc2c(c(-c3ccc(Cl)c(CCc4ccc(CNCc5ccc(Cl)cc5)cc4)c3)nn2CCCN2CCOCC2)C1. The van der Waals surface area contributed by atoms with Gasteiger partial charge in [-0.3, -0.25) is 9.58 Å². The molecule has 1 saturated heterocycles. The molecule has 47 heavy (non-hydrogen) atoms. The van der Waals surface area contributed by atoms with E-state index in [-0.39, 0.29) is 0 Å². The Bertz CT molecular complexity index is 1750. The fraction of sp³-hybridized carbons (Fsp3) is 0.417. The van der Waals surface area contributed by atoms with Gasteiger partial charge in [0.25, 0.3) is 0 Å². The minimum atomic E-state index is -3.32. The third-order valence-corrected chi connectivity index (χ3v) is 11.0. The predicted molar refractivity (Wildman–Crippen MR) is 189 cm³/mol. The van der Waals surface area contributed by atoms with E-state index in [4.69, 9.17) is 33.0 Å².